The van der Waals surface area contributed by atoms with Gasteiger partial charge in [-0.3, -0.25) is 9.59 Å². The van der Waals surface area contributed by atoms with Gasteiger partial charge in [0.25, 0.3) is 0 Å². The maximum Gasteiger partial charge on any atom is 0.311 e. The quantitative estimate of drug-likeness (QED) is 0.354. The van der Waals surface area contributed by atoms with Crippen molar-refractivity contribution in [2.75, 3.05) is 0 Å². The van der Waals surface area contributed by atoms with Crippen molar-refractivity contribution >= 4 is 11.8 Å². The molecule has 0 heterocycles. The van der Waals surface area contributed by atoms with Crippen LogP contribution in [-0.2, 0) is 14.3 Å². The van der Waals surface area contributed by atoms with Gasteiger partial charge >= 0.3 is 5.97 Å². The zero-order chi connectivity index (χ0) is 23.3. The minimum Gasteiger partial charge on any atom is -0.462 e. The smallest absolute Gasteiger partial charge is 0.311 e. The summed E-state index contributed by atoms with van der Waals surface area (Å²) in [5.74, 6) is -0.907. The summed E-state index contributed by atoms with van der Waals surface area (Å²) in [7, 11) is 0. The molecule has 31 heavy (non-hydrogen) atoms. The summed E-state index contributed by atoms with van der Waals surface area (Å²) < 4.78 is 5.87. The minimum atomic E-state index is -0.946. The van der Waals surface area contributed by atoms with Crippen LogP contribution in [-0.4, -0.2) is 40.3 Å². The summed E-state index contributed by atoms with van der Waals surface area (Å²) in [6.07, 6.45) is 9.63. The van der Waals surface area contributed by atoms with Crippen LogP contribution in [0.1, 0.15) is 67.2 Å². The summed E-state index contributed by atoms with van der Waals surface area (Å²) in [5, 5.41) is 19.6. The van der Waals surface area contributed by atoms with E-state index in [1.165, 1.54) is 0 Å². The summed E-state index contributed by atoms with van der Waals surface area (Å²) in [6, 6.07) is 0. The molecule has 3 unspecified atom stereocenters. The van der Waals surface area contributed by atoms with Crippen LogP contribution >= 0.6 is 0 Å². The Morgan fingerprint density at radius 3 is 2.58 bits per heavy atom. The Morgan fingerprint density at radius 2 is 1.97 bits per heavy atom. The molecule has 5 heteroatoms. The molecule has 0 aromatic heterocycles. The first-order valence-corrected chi connectivity index (χ1v) is 11.3. The number of ketones is 1. The first-order chi connectivity index (χ1) is 14.5. The van der Waals surface area contributed by atoms with E-state index in [-0.39, 0.29) is 23.2 Å². The molecule has 2 aliphatic carbocycles. The van der Waals surface area contributed by atoms with Crippen molar-refractivity contribution in [1.82, 2.24) is 0 Å². The Hall–Kier alpha value is -1.98. The fraction of sp³-hybridized carbons (Fsp3) is 0.615. The van der Waals surface area contributed by atoms with Crippen LogP contribution in [0.15, 0.2) is 47.1 Å². The molecule has 172 valence electrons. The molecule has 0 amide bonds. The SMILES string of the molecule is CC(C)=C1C[C@@]2(C)C(=CC1=O)CC[C@@H](OC(=O)C(C)C(O)/C=C/C=C/CC(C)O)[C@@H]2C. The molecule has 1 fully saturated rings. The molecular weight excluding hydrogens is 392 g/mol. The topological polar surface area (TPSA) is 83.8 Å². The van der Waals surface area contributed by atoms with Crippen molar-refractivity contribution in [3.63, 3.8) is 0 Å². The Labute approximate surface area is 186 Å². The maximum absolute atomic E-state index is 12.7. The normalized spacial score (nSPS) is 29.5. The number of allylic oxidation sites excluding steroid dienone is 6. The summed E-state index contributed by atoms with van der Waals surface area (Å²) in [4.78, 5) is 25.2. The van der Waals surface area contributed by atoms with E-state index in [4.69, 9.17) is 4.74 Å². The van der Waals surface area contributed by atoms with Crippen LogP contribution in [0.4, 0.5) is 0 Å². The molecule has 1 saturated carbocycles. The number of ether oxygens (including phenoxy) is 1. The number of aliphatic hydroxyl groups excluding tert-OH is 2. The monoisotopic (exact) mass is 430 g/mol. The van der Waals surface area contributed by atoms with Crippen molar-refractivity contribution in [2.24, 2.45) is 17.3 Å². The molecule has 0 bridgehead atoms. The van der Waals surface area contributed by atoms with Crippen LogP contribution in [0.3, 0.4) is 0 Å². The second-order valence-electron chi connectivity index (χ2n) is 9.59. The second-order valence-corrected chi connectivity index (χ2v) is 9.59. The average Bonchev–Trinajstić information content (AvgIpc) is 2.70. The van der Waals surface area contributed by atoms with E-state index in [1.54, 1.807) is 38.2 Å². The van der Waals surface area contributed by atoms with Gasteiger partial charge in [-0.05, 0) is 70.4 Å². The molecule has 0 aromatic rings. The van der Waals surface area contributed by atoms with Gasteiger partial charge in [-0.15, -0.1) is 0 Å². The molecule has 2 rings (SSSR count). The van der Waals surface area contributed by atoms with E-state index >= 15 is 0 Å². The van der Waals surface area contributed by atoms with Crippen LogP contribution in [0.2, 0.25) is 0 Å². The molecule has 2 aliphatic rings. The molecule has 2 N–H and O–H groups in total. The zero-order valence-electron chi connectivity index (χ0n) is 19.7. The van der Waals surface area contributed by atoms with Gasteiger partial charge in [-0.25, -0.2) is 0 Å². The van der Waals surface area contributed by atoms with Gasteiger partial charge in [0, 0.05) is 5.92 Å². The lowest BCUT2D eigenvalue weighted by Gasteiger charge is -2.48. The average molecular weight is 431 g/mol. The second kappa shape index (κ2) is 10.6. The number of carbonyl (C=O) groups is 2. The Balaban J connectivity index is 2.03. The van der Waals surface area contributed by atoms with Gasteiger partial charge < -0.3 is 14.9 Å². The number of hydrogen-bond donors (Lipinski definition) is 2. The molecule has 0 spiro atoms. The molecule has 5 nitrogen and oxygen atoms in total. The number of aliphatic hydroxyl groups is 2. The summed E-state index contributed by atoms with van der Waals surface area (Å²) in [5.41, 5.74) is 2.85. The van der Waals surface area contributed by atoms with E-state index in [2.05, 4.69) is 13.8 Å². The lowest BCUT2D eigenvalue weighted by molar-refractivity contribution is -0.162. The lowest BCUT2D eigenvalue weighted by atomic mass is 9.58. The van der Waals surface area contributed by atoms with Crippen LogP contribution in [0.25, 0.3) is 0 Å². The van der Waals surface area contributed by atoms with Crippen molar-refractivity contribution < 1.29 is 24.5 Å². The van der Waals surface area contributed by atoms with E-state index in [9.17, 15) is 19.8 Å². The predicted molar refractivity (Wildman–Crippen MR) is 122 cm³/mol. The third kappa shape index (κ3) is 6.05. The van der Waals surface area contributed by atoms with Gasteiger partial charge in [0.2, 0.25) is 0 Å². The maximum atomic E-state index is 12.7. The number of esters is 1. The van der Waals surface area contributed by atoms with Gasteiger partial charge in [0.15, 0.2) is 5.78 Å². The minimum absolute atomic E-state index is 0.0715. The summed E-state index contributed by atoms with van der Waals surface area (Å²) in [6.45, 7) is 11.6. The fourth-order valence-electron chi connectivity index (χ4n) is 4.43. The highest BCUT2D eigenvalue weighted by Crippen LogP contribution is 2.52. The van der Waals surface area contributed by atoms with Crippen molar-refractivity contribution in [2.45, 2.75) is 85.5 Å². The van der Waals surface area contributed by atoms with Gasteiger partial charge in [0.1, 0.15) is 6.10 Å². The van der Waals surface area contributed by atoms with Crippen molar-refractivity contribution in [1.29, 1.82) is 0 Å². The van der Waals surface area contributed by atoms with Crippen molar-refractivity contribution in [3.8, 4) is 0 Å². The van der Waals surface area contributed by atoms with Gasteiger partial charge in [-0.2, -0.15) is 0 Å². The number of hydrogen-bond acceptors (Lipinski definition) is 5. The van der Waals surface area contributed by atoms with Crippen LogP contribution < -0.4 is 0 Å². The highest BCUT2D eigenvalue weighted by Gasteiger charge is 2.47. The third-order valence-corrected chi connectivity index (χ3v) is 6.93. The molecule has 0 radical (unpaired) electrons. The number of fused-ring (bicyclic) bond motifs is 1. The number of rotatable bonds is 7. The molecule has 0 aromatic carbocycles. The van der Waals surface area contributed by atoms with Gasteiger partial charge in [-0.1, -0.05) is 49.3 Å². The predicted octanol–water partition coefficient (Wildman–Crippen LogP) is 4.45. The first kappa shape index (κ1) is 25.3. The highest BCUT2D eigenvalue weighted by molar-refractivity contribution is 6.06. The Bertz CT molecular complexity index is 797. The zero-order valence-corrected chi connectivity index (χ0v) is 19.7. The molecule has 0 saturated heterocycles. The fourth-order valence-corrected chi connectivity index (χ4v) is 4.43. The largest absolute Gasteiger partial charge is 0.462 e. The van der Waals surface area contributed by atoms with E-state index < -0.39 is 24.1 Å². The Kier molecular flexibility index (Phi) is 8.61. The Morgan fingerprint density at radius 1 is 1.29 bits per heavy atom. The van der Waals surface area contributed by atoms with Crippen molar-refractivity contribution in [3.05, 3.63) is 47.1 Å². The van der Waals surface area contributed by atoms with E-state index in [1.807, 2.05) is 19.9 Å². The third-order valence-electron chi connectivity index (χ3n) is 6.93. The first-order valence-electron chi connectivity index (χ1n) is 11.3. The van der Waals surface area contributed by atoms with E-state index in [0.717, 1.165) is 23.1 Å². The lowest BCUT2D eigenvalue weighted by Crippen LogP contribution is -2.45. The van der Waals surface area contributed by atoms with E-state index in [0.29, 0.717) is 19.3 Å². The van der Waals surface area contributed by atoms with Crippen LogP contribution in [0, 0.1) is 17.3 Å². The molecule has 0 aliphatic heterocycles. The standard InChI is InChI=1S/C26H38O5/c1-16(2)21-15-26(6)19(5)24(13-12-20(26)14-23(21)29)31-25(30)18(4)22(28)11-9-7-8-10-17(3)27/h7-9,11,14,17-19,22,24,27-28H,10,12-13,15H2,1-6H3/b8-7+,11-9+/t17?,18?,19-,22?,24+,26+/m0/s1. The number of carbonyl (C=O) groups excluding carboxylic acids is 2. The molecular formula is C26H38O5. The van der Waals surface area contributed by atoms with Gasteiger partial charge in [0.05, 0.1) is 18.1 Å². The molecule has 6 atom stereocenters. The summed E-state index contributed by atoms with van der Waals surface area (Å²) >= 11 is 0. The van der Waals surface area contributed by atoms with Crippen LogP contribution in [0.5, 0.6) is 0 Å². The highest BCUT2D eigenvalue weighted by atomic mass is 16.5.